The first kappa shape index (κ1) is 17.3. The van der Waals surface area contributed by atoms with E-state index in [-0.39, 0.29) is 5.91 Å². The maximum atomic E-state index is 12.7. The molecule has 1 aliphatic heterocycles. The van der Waals surface area contributed by atoms with E-state index in [2.05, 4.69) is 4.98 Å². The topological polar surface area (TPSA) is 75.9 Å². The number of para-hydroxylation sites is 1. The largest absolute Gasteiger partial charge is 0.462 e. The van der Waals surface area contributed by atoms with Gasteiger partial charge in [-0.1, -0.05) is 18.2 Å². The van der Waals surface area contributed by atoms with Gasteiger partial charge in [-0.3, -0.25) is 4.79 Å². The third-order valence-electron chi connectivity index (χ3n) is 4.23. The number of carbonyl (C=O) groups is 2. The van der Waals surface area contributed by atoms with Gasteiger partial charge in [-0.25, -0.2) is 9.78 Å². The van der Waals surface area contributed by atoms with Crippen molar-refractivity contribution in [3.8, 4) is 16.5 Å². The van der Waals surface area contributed by atoms with E-state index in [1.807, 2.05) is 24.3 Å². The fourth-order valence-corrected chi connectivity index (χ4v) is 3.55. The molecule has 0 bridgehead atoms. The van der Waals surface area contributed by atoms with Gasteiger partial charge in [-0.15, -0.1) is 11.3 Å². The molecule has 138 valence electrons. The first-order valence-electron chi connectivity index (χ1n) is 8.51. The van der Waals surface area contributed by atoms with Gasteiger partial charge in [0, 0.05) is 31.6 Å². The Morgan fingerprint density at radius 3 is 2.44 bits per heavy atom. The molecular formula is C19H17N3O4S. The van der Waals surface area contributed by atoms with Crippen molar-refractivity contribution in [2.45, 2.75) is 0 Å². The Morgan fingerprint density at radius 2 is 1.74 bits per heavy atom. The van der Waals surface area contributed by atoms with Crippen LogP contribution >= 0.6 is 11.3 Å². The quantitative estimate of drug-likeness (QED) is 0.693. The van der Waals surface area contributed by atoms with Crippen LogP contribution in [0.3, 0.4) is 0 Å². The van der Waals surface area contributed by atoms with Crippen LogP contribution in [0.4, 0.5) is 4.79 Å². The zero-order chi connectivity index (χ0) is 18.6. The second kappa shape index (κ2) is 7.63. The minimum atomic E-state index is -0.401. The molecule has 3 heterocycles. The molecule has 8 heteroatoms. The van der Waals surface area contributed by atoms with Crippen molar-refractivity contribution in [2.24, 2.45) is 0 Å². The smallest absolute Gasteiger partial charge is 0.415 e. The van der Waals surface area contributed by atoms with E-state index in [1.165, 1.54) is 11.3 Å². The molecule has 0 aliphatic carbocycles. The molecule has 0 radical (unpaired) electrons. The van der Waals surface area contributed by atoms with Gasteiger partial charge in [0.1, 0.15) is 11.4 Å². The number of piperazine rings is 1. The van der Waals surface area contributed by atoms with Gasteiger partial charge >= 0.3 is 6.09 Å². The molecule has 4 rings (SSSR count). The second-order valence-electron chi connectivity index (χ2n) is 5.98. The first-order valence-corrected chi connectivity index (χ1v) is 9.39. The van der Waals surface area contributed by atoms with Gasteiger partial charge in [-0.2, -0.15) is 0 Å². The van der Waals surface area contributed by atoms with Crippen molar-refractivity contribution in [3.63, 3.8) is 0 Å². The fraction of sp³-hybridized carbons (Fsp3) is 0.211. The van der Waals surface area contributed by atoms with Crippen molar-refractivity contribution in [2.75, 3.05) is 26.2 Å². The fourth-order valence-electron chi connectivity index (χ4n) is 2.79. The molecule has 0 atom stereocenters. The Balaban J connectivity index is 1.33. The lowest BCUT2D eigenvalue weighted by molar-refractivity contribution is 0.0629. The lowest BCUT2D eigenvalue weighted by Gasteiger charge is -2.33. The summed E-state index contributed by atoms with van der Waals surface area (Å²) in [6, 6.07) is 12.5. The average Bonchev–Trinajstić information content (AvgIpc) is 3.40. The van der Waals surface area contributed by atoms with E-state index >= 15 is 0 Å². The van der Waals surface area contributed by atoms with Gasteiger partial charge in [0.2, 0.25) is 0 Å². The monoisotopic (exact) mass is 383 g/mol. The van der Waals surface area contributed by atoms with E-state index in [0.29, 0.717) is 48.4 Å². The molecule has 1 aliphatic rings. The summed E-state index contributed by atoms with van der Waals surface area (Å²) in [5.74, 6) is 1.02. The summed E-state index contributed by atoms with van der Waals surface area (Å²) < 4.78 is 10.7. The minimum Gasteiger partial charge on any atom is -0.462 e. The number of thiazole rings is 1. The molecule has 0 spiro atoms. The summed E-state index contributed by atoms with van der Waals surface area (Å²) in [5, 5.41) is 2.41. The highest BCUT2D eigenvalue weighted by Crippen LogP contribution is 2.24. The highest BCUT2D eigenvalue weighted by molar-refractivity contribution is 7.13. The highest BCUT2D eigenvalue weighted by atomic mass is 32.1. The maximum Gasteiger partial charge on any atom is 0.415 e. The number of hydrogen-bond donors (Lipinski definition) is 0. The van der Waals surface area contributed by atoms with Crippen LogP contribution in [0.1, 0.15) is 10.5 Å². The van der Waals surface area contributed by atoms with Crippen molar-refractivity contribution >= 4 is 23.3 Å². The minimum absolute atomic E-state index is 0.139. The van der Waals surface area contributed by atoms with Gasteiger partial charge in [0.25, 0.3) is 5.91 Å². The summed E-state index contributed by atoms with van der Waals surface area (Å²) in [6.45, 7) is 1.73. The Labute approximate surface area is 159 Å². The number of amides is 2. The number of rotatable bonds is 3. The number of furan rings is 1. The zero-order valence-electron chi connectivity index (χ0n) is 14.4. The van der Waals surface area contributed by atoms with Crippen molar-refractivity contribution in [1.82, 2.24) is 14.8 Å². The second-order valence-corrected chi connectivity index (χ2v) is 6.83. The van der Waals surface area contributed by atoms with E-state index < -0.39 is 6.09 Å². The average molecular weight is 383 g/mol. The van der Waals surface area contributed by atoms with Gasteiger partial charge in [-0.05, 0) is 24.3 Å². The predicted octanol–water partition coefficient (Wildman–Crippen LogP) is 3.36. The van der Waals surface area contributed by atoms with E-state index in [9.17, 15) is 9.59 Å². The van der Waals surface area contributed by atoms with E-state index in [1.54, 1.807) is 39.6 Å². The van der Waals surface area contributed by atoms with Crippen LogP contribution in [0, 0.1) is 0 Å². The lowest BCUT2D eigenvalue weighted by atomic mass is 10.3. The molecular weight excluding hydrogens is 366 g/mol. The molecule has 2 amide bonds. The molecule has 1 saturated heterocycles. The third kappa shape index (κ3) is 3.85. The molecule has 3 aromatic rings. The molecule has 0 N–H and O–H groups in total. The summed E-state index contributed by atoms with van der Waals surface area (Å²) in [7, 11) is 0. The van der Waals surface area contributed by atoms with Gasteiger partial charge in [0.05, 0.1) is 6.26 Å². The van der Waals surface area contributed by atoms with E-state index in [0.717, 1.165) is 0 Å². The number of ether oxygens (including phenoxy) is 1. The van der Waals surface area contributed by atoms with E-state index in [4.69, 9.17) is 9.15 Å². The molecule has 2 aromatic heterocycles. The summed E-state index contributed by atoms with van der Waals surface area (Å²) >= 11 is 1.37. The molecule has 1 aromatic carbocycles. The molecule has 0 unspecified atom stereocenters. The molecule has 27 heavy (non-hydrogen) atoms. The van der Waals surface area contributed by atoms with Crippen LogP contribution in [0.25, 0.3) is 10.8 Å². The number of aromatic nitrogens is 1. The Morgan fingerprint density at radius 1 is 1.00 bits per heavy atom. The lowest BCUT2D eigenvalue weighted by Crippen LogP contribution is -2.51. The third-order valence-corrected chi connectivity index (χ3v) is 5.09. The number of carbonyl (C=O) groups excluding carboxylic acids is 2. The van der Waals surface area contributed by atoms with Crippen LogP contribution in [-0.4, -0.2) is 53.0 Å². The normalized spacial score (nSPS) is 14.2. The Kier molecular flexibility index (Phi) is 4.88. The molecule has 1 fully saturated rings. The summed E-state index contributed by atoms with van der Waals surface area (Å²) in [6.07, 6.45) is 1.17. The predicted molar refractivity (Wildman–Crippen MR) is 99.8 cm³/mol. The number of nitrogens with zero attached hydrogens (tertiary/aromatic N) is 3. The van der Waals surface area contributed by atoms with Crippen molar-refractivity contribution in [3.05, 3.63) is 59.8 Å². The van der Waals surface area contributed by atoms with Crippen molar-refractivity contribution in [1.29, 1.82) is 0 Å². The standard InChI is InChI=1S/C19H17N3O4S/c23-18(15-13-27-17(20-15)16-7-4-12-25-16)21-8-10-22(11-9-21)19(24)26-14-5-2-1-3-6-14/h1-7,12-13H,8-11H2. The SMILES string of the molecule is O=C(Oc1ccccc1)N1CCN(C(=O)c2csc(-c3ccco3)n2)CC1. The number of benzene rings is 1. The number of hydrogen-bond acceptors (Lipinski definition) is 6. The maximum absolute atomic E-state index is 12.7. The summed E-state index contributed by atoms with van der Waals surface area (Å²) in [5.41, 5.74) is 0.395. The van der Waals surface area contributed by atoms with Crippen LogP contribution in [0.5, 0.6) is 5.75 Å². The van der Waals surface area contributed by atoms with Crippen molar-refractivity contribution < 1.29 is 18.7 Å². The first-order chi connectivity index (χ1) is 13.2. The Bertz CT molecular complexity index is 916. The van der Waals surface area contributed by atoms with Crippen LogP contribution < -0.4 is 4.74 Å². The molecule has 0 saturated carbocycles. The summed E-state index contributed by atoms with van der Waals surface area (Å²) in [4.78, 5) is 32.6. The van der Waals surface area contributed by atoms with Crippen LogP contribution in [-0.2, 0) is 0 Å². The van der Waals surface area contributed by atoms with Crippen LogP contribution in [0.2, 0.25) is 0 Å². The van der Waals surface area contributed by atoms with Gasteiger partial charge in [0.15, 0.2) is 10.8 Å². The van der Waals surface area contributed by atoms with Gasteiger partial charge < -0.3 is 19.0 Å². The van der Waals surface area contributed by atoms with Crippen LogP contribution in [0.15, 0.2) is 58.5 Å². The Hall–Kier alpha value is -3.13. The highest BCUT2D eigenvalue weighted by Gasteiger charge is 2.27. The zero-order valence-corrected chi connectivity index (χ0v) is 15.2. The molecule has 7 nitrogen and oxygen atoms in total.